The minimum Gasteiger partial charge on any atom is -0.484 e. The van der Waals surface area contributed by atoms with Crippen LogP contribution in [0.2, 0.25) is 0 Å². The molecule has 0 aromatic carbocycles. The number of rotatable bonds is 11. The smallest absolute Gasteiger partial charge is 0.413 e. The molecule has 0 aliphatic carbocycles. The van der Waals surface area contributed by atoms with E-state index < -0.39 is 18.9 Å². The molecule has 0 spiro atoms. The summed E-state index contributed by atoms with van der Waals surface area (Å²) >= 11 is 0.628. The molecule has 114 valence electrons. The van der Waals surface area contributed by atoms with Crippen molar-refractivity contribution in [2.24, 2.45) is 0 Å². The molecule has 7 heteroatoms. The summed E-state index contributed by atoms with van der Waals surface area (Å²) in [5.41, 5.74) is 0. The monoisotopic (exact) mass is 294 g/mol. The van der Waals surface area contributed by atoms with Gasteiger partial charge in [0.25, 0.3) is 0 Å². The summed E-state index contributed by atoms with van der Waals surface area (Å²) in [6.45, 7) is 11.5. The molecule has 0 amide bonds. The second kappa shape index (κ2) is 11.0. The lowest BCUT2D eigenvalue weighted by atomic mass is 10.6. The van der Waals surface area contributed by atoms with E-state index in [9.17, 15) is 0 Å². The molecule has 0 radical (unpaired) electrons. The predicted molar refractivity (Wildman–Crippen MR) is 72.9 cm³/mol. The number of hydrogen-bond acceptors (Lipinski definition) is 6. The van der Waals surface area contributed by atoms with Crippen molar-refractivity contribution in [3.63, 3.8) is 0 Å². The highest BCUT2D eigenvalue weighted by molar-refractivity contribution is 5.98. The summed E-state index contributed by atoms with van der Waals surface area (Å²) in [5, 5.41) is 0. The van der Waals surface area contributed by atoms with Crippen LogP contribution in [0, 0.1) is 0 Å². The van der Waals surface area contributed by atoms with Crippen molar-refractivity contribution >= 4 is 16.6 Å². The van der Waals surface area contributed by atoms with Gasteiger partial charge in [0.1, 0.15) is 6.29 Å². The molecule has 0 N–H and O–H groups in total. The highest BCUT2D eigenvalue weighted by Gasteiger charge is 2.16. The lowest BCUT2D eigenvalue weighted by Crippen LogP contribution is -2.31. The predicted octanol–water partition coefficient (Wildman–Crippen LogP) is 1.38. The van der Waals surface area contributed by atoms with E-state index in [0.29, 0.717) is 23.2 Å². The van der Waals surface area contributed by atoms with Gasteiger partial charge in [-0.3, -0.25) is 0 Å². The first-order valence-electron chi connectivity index (χ1n) is 6.65. The average Bonchev–Trinajstić information content (AvgIpc) is 2.27. The van der Waals surface area contributed by atoms with Crippen LogP contribution in [-0.2, 0) is 27.5 Å². The average molecular weight is 294 g/mol. The van der Waals surface area contributed by atoms with Gasteiger partial charge in [-0.2, -0.15) is 0 Å². The van der Waals surface area contributed by atoms with E-state index in [1.165, 1.54) is 0 Å². The van der Waals surface area contributed by atoms with E-state index >= 15 is 0 Å². The fourth-order valence-corrected chi connectivity index (χ4v) is 1.62. The minimum atomic E-state index is -0.444. The molecule has 0 aromatic rings. The van der Waals surface area contributed by atoms with Crippen LogP contribution in [0.5, 0.6) is 0 Å². The third kappa shape index (κ3) is 10.7. The van der Waals surface area contributed by atoms with Crippen molar-refractivity contribution in [2.75, 3.05) is 6.61 Å². The van der Waals surface area contributed by atoms with Gasteiger partial charge in [-0.25, -0.2) is 0 Å². The SMILES string of the molecule is CCOC(C)OC(C)OC(C)OC(C)OC(C)[O][AlH2]. The standard InChI is InChI=1S/C12H25O6.Al.2H/c1-7-14-9(3)16-11(5)18-12(6)17-10(4)15-8(2)13;;;/h8-12H,7H2,1-6H3;;;/q-1;+1;;. The number of hydrogen-bond donors (Lipinski definition) is 0. The molecule has 0 fully saturated rings. The Labute approximate surface area is 124 Å². The Hall–Kier alpha value is 0.292. The molecule has 5 atom stereocenters. The molecule has 5 unspecified atom stereocenters. The second-order valence-corrected chi connectivity index (χ2v) is 4.54. The molecule has 0 saturated heterocycles. The summed E-state index contributed by atoms with van der Waals surface area (Å²) < 4.78 is 32.3. The van der Waals surface area contributed by atoms with E-state index in [2.05, 4.69) is 0 Å². The van der Waals surface area contributed by atoms with Gasteiger partial charge in [0.2, 0.25) is 0 Å². The van der Waals surface area contributed by atoms with Gasteiger partial charge in [0.15, 0.2) is 25.2 Å². The molecule has 6 nitrogen and oxygen atoms in total. The topological polar surface area (TPSA) is 55.4 Å². The maximum absolute atomic E-state index is 5.52. The van der Waals surface area contributed by atoms with Crippen LogP contribution in [0.15, 0.2) is 0 Å². The zero-order valence-corrected chi connectivity index (χ0v) is 15.0. The van der Waals surface area contributed by atoms with E-state index in [0.717, 1.165) is 0 Å². The summed E-state index contributed by atoms with van der Waals surface area (Å²) in [4.78, 5) is 0. The molecule has 0 rings (SSSR count). The van der Waals surface area contributed by atoms with E-state index in [1.807, 2.05) is 20.8 Å². The van der Waals surface area contributed by atoms with Gasteiger partial charge in [-0.15, -0.1) is 0 Å². The van der Waals surface area contributed by atoms with Crippen LogP contribution in [0.1, 0.15) is 41.5 Å². The van der Waals surface area contributed by atoms with Crippen molar-refractivity contribution in [3.05, 3.63) is 0 Å². The summed E-state index contributed by atoms with van der Waals surface area (Å²) in [5.74, 6) is 0. The van der Waals surface area contributed by atoms with Gasteiger partial charge < -0.3 is 27.5 Å². The first-order valence-corrected chi connectivity index (χ1v) is 7.46. The normalized spacial score (nSPS) is 19.7. The van der Waals surface area contributed by atoms with Crippen molar-refractivity contribution in [1.82, 2.24) is 0 Å². The first kappa shape index (κ1) is 19.3. The van der Waals surface area contributed by atoms with Gasteiger partial charge in [0.05, 0.1) is 0 Å². The third-order valence-corrected chi connectivity index (χ3v) is 2.93. The van der Waals surface area contributed by atoms with Crippen LogP contribution in [0.25, 0.3) is 0 Å². The molecule has 0 aliphatic heterocycles. The Morgan fingerprint density at radius 1 is 0.684 bits per heavy atom. The highest BCUT2D eigenvalue weighted by Crippen LogP contribution is 2.09. The molecule has 19 heavy (non-hydrogen) atoms. The summed E-state index contributed by atoms with van der Waals surface area (Å²) in [6.07, 6.45) is -1.84. The second-order valence-electron chi connectivity index (χ2n) is 4.07. The maximum Gasteiger partial charge on any atom is 0.413 e. The zero-order chi connectivity index (χ0) is 14.8. The van der Waals surface area contributed by atoms with Crippen LogP contribution in [0.4, 0.5) is 0 Å². The molecule has 0 saturated carbocycles. The third-order valence-electron chi connectivity index (χ3n) is 2.27. The van der Waals surface area contributed by atoms with Crippen LogP contribution in [0.3, 0.4) is 0 Å². The Morgan fingerprint density at radius 2 is 1.05 bits per heavy atom. The highest BCUT2D eigenvalue weighted by atomic mass is 27.1. The Balaban J connectivity index is 3.86. The van der Waals surface area contributed by atoms with Crippen LogP contribution >= 0.6 is 0 Å². The molecule has 0 heterocycles. The van der Waals surface area contributed by atoms with Gasteiger partial charge in [-0.05, 0) is 41.5 Å². The largest absolute Gasteiger partial charge is 0.484 e. The molecule has 0 aliphatic rings. The van der Waals surface area contributed by atoms with E-state index in [-0.39, 0.29) is 12.6 Å². The first-order chi connectivity index (χ1) is 8.88. The summed E-state index contributed by atoms with van der Waals surface area (Å²) in [6, 6.07) is 0. The van der Waals surface area contributed by atoms with Crippen molar-refractivity contribution < 1.29 is 27.5 Å². The maximum atomic E-state index is 5.52. The van der Waals surface area contributed by atoms with Crippen LogP contribution < -0.4 is 0 Å². The Morgan fingerprint density at radius 3 is 1.42 bits per heavy atom. The van der Waals surface area contributed by atoms with E-state index in [4.69, 9.17) is 27.5 Å². The lowest BCUT2D eigenvalue weighted by molar-refractivity contribution is -0.316. The van der Waals surface area contributed by atoms with Gasteiger partial charge in [-0.1, -0.05) is 0 Å². The Kier molecular flexibility index (Phi) is 11.2. The van der Waals surface area contributed by atoms with Gasteiger partial charge >= 0.3 is 16.6 Å². The molecular formula is C12H27AlO6. The van der Waals surface area contributed by atoms with Crippen molar-refractivity contribution in [3.8, 4) is 0 Å². The van der Waals surface area contributed by atoms with Gasteiger partial charge in [0, 0.05) is 6.61 Å². The quantitative estimate of drug-likeness (QED) is 0.424. The molecule has 0 bridgehead atoms. The van der Waals surface area contributed by atoms with E-state index in [1.54, 1.807) is 20.8 Å². The van der Waals surface area contributed by atoms with Crippen molar-refractivity contribution in [1.29, 1.82) is 0 Å². The fraction of sp³-hybridized carbons (Fsp3) is 1.00. The Bertz CT molecular complexity index is 218. The molecule has 0 aromatic heterocycles. The van der Waals surface area contributed by atoms with Crippen molar-refractivity contribution in [2.45, 2.75) is 73.0 Å². The zero-order valence-electron chi connectivity index (χ0n) is 13.0. The number of ether oxygens (including phenoxy) is 5. The summed E-state index contributed by atoms with van der Waals surface area (Å²) in [7, 11) is 0. The van der Waals surface area contributed by atoms with Crippen LogP contribution in [-0.4, -0.2) is 54.7 Å². The minimum absolute atomic E-state index is 0.263. The fourth-order valence-electron chi connectivity index (χ4n) is 1.51. The lowest BCUT2D eigenvalue weighted by Gasteiger charge is -2.26. The molecular weight excluding hydrogens is 267 g/mol.